The first kappa shape index (κ1) is 12.2. The van der Waals surface area contributed by atoms with Crippen LogP contribution in [0.1, 0.15) is 33.6 Å². The normalized spacial score (nSPS) is 30.6. The first-order valence-corrected chi connectivity index (χ1v) is 5.02. The van der Waals surface area contributed by atoms with Crippen molar-refractivity contribution in [1.29, 1.82) is 0 Å². The molecule has 1 aliphatic rings. The van der Waals surface area contributed by atoms with Gasteiger partial charge in [0.15, 0.2) is 0 Å². The summed E-state index contributed by atoms with van der Waals surface area (Å²) in [5.41, 5.74) is -1.77. The number of amides is 1. The van der Waals surface area contributed by atoms with Crippen LogP contribution in [0.3, 0.4) is 0 Å². The minimum Gasteiger partial charge on any atom is -0.444 e. The van der Waals surface area contributed by atoms with E-state index in [1.165, 1.54) is 0 Å². The predicted molar refractivity (Wildman–Crippen MR) is 53.3 cm³/mol. The molecule has 0 aliphatic heterocycles. The number of hydrogen-bond acceptors (Lipinski definition) is 3. The first-order valence-electron chi connectivity index (χ1n) is 5.02. The number of rotatable bonds is 2. The quantitative estimate of drug-likeness (QED) is 0.737. The highest BCUT2D eigenvalue weighted by Gasteiger charge is 2.43. The Morgan fingerprint density at radius 2 is 2.13 bits per heavy atom. The molecule has 1 amide bonds. The molecule has 0 atom stereocenters. The van der Waals surface area contributed by atoms with E-state index in [9.17, 15) is 14.3 Å². The van der Waals surface area contributed by atoms with Gasteiger partial charge in [0.25, 0.3) is 0 Å². The number of aliphatic hydroxyl groups is 1. The third kappa shape index (κ3) is 3.66. The lowest BCUT2D eigenvalue weighted by atomic mass is 9.77. The smallest absolute Gasteiger partial charge is 0.407 e. The molecule has 0 aromatic heterocycles. The van der Waals surface area contributed by atoms with Gasteiger partial charge in [-0.1, -0.05) is 0 Å². The Balaban J connectivity index is 2.25. The molecule has 1 saturated carbocycles. The van der Waals surface area contributed by atoms with Gasteiger partial charge in [-0.3, -0.25) is 0 Å². The molecule has 0 spiro atoms. The Morgan fingerprint density at radius 1 is 1.60 bits per heavy atom. The van der Waals surface area contributed by atoms with E-state index >= 15 is 0 Å². The minimum absolute atomic E-state index is 0.180. The standard InChI is InChI=1S/C10H18FNO3/c1-9(2,3)15-8(13)12-7-4-10(14,5-7)6-11/h7,14H,4-6H2,1-3H3,(H,12,13)/t7-,10+. The summed E-state index contributed by atoms with van der Waals surface area (Å²) < 4.78 is 17.2. The van der Waals surface area contributed by atoms with Gasteiger partial charge in [0.2, 0.25) is 0 Å². The maximum Gasteiger partial charge on any atom is 0.407 e. The van der Waals surface area contributed by atoms with Crippen molar-refractivity contribution in [3.63, 3.8) is 0 Å². The fraction of sp³-hybridized carbons (Fsp3) is 0.900. The summed E-state index contributed by atoms with van der Waals surface area (Å²) in [4.78, 5) is 11.3. The summed E-state index contributed by atoms with van der Waals surface area (Å²) in [5.74, 6) is 0. The van der Waals surface area contributed by atoms with Crippen LogP contribution in [0.25, 0.3) is 0 Å². The minimum atomic E-state index is -1.24. The molecule has 0 aromatic rings. The summed E-state index contributed by atoms with van der Waals surface area (Å²) in [6.45, 7) is 4.54. The molecule has 1 rings (SSSR count). The van der Waals surface area contributed by atoms with E-state index in [-0.39, 0.29) is 18.9 Å². The fourth-order valence-corrected chi connectivity index (χ4v) is 1.54. The van der Waals surface area contributed by atoms with Crippen molar-refractivity contribution < 1.29 is 19.0 Å². The molecule has 5 heteroatoms. The molecule has 88 valence electrons. The molecule has 1 fully saturated rings. The molecule has 0 saturated heterocycles. The van der Waals surface area contributed by atoms with Crippen LogP contribution in [0.15, 0.2) is 0 Å². The van der Waals surface area contributed by atoms with Gasteiger partial charge in [-0.2, -0.15) is 0 Å². The highest BCUT2D eigenvalue weighted by atomic mass is 19.1. The highest BCUT2D eigenvalue weighted by molar-refractivity contribution is 5.68. The molecular formula is C10H18FNO3. The molecular weight excluding hydrogens is 201 g/mol. The van der Waals surface area contributed by atoms with Crippen LogP contribution < -0.4 is 5.32 Å². The Bertz CT molecular complexity index is 244. The Kier molecular flexibility index (Phi) is 3.23. The highest BCUT2D eigenvalue weighted by Crippen LogP contribution is 2.32. The second-order valence-electron chi connectivity index (χ2n) is 5.11. The van der Waals surface area contributed by atoms with Gasteiger partial charge in [0.05, 0.1) is 5.60 Å². The third-order valence-electron chi connectivity index (χ3n) is 2.22. The molecule has 0 bridgehead atoms. The van der Waals surface area contributed by atoms with Crippen molar-refractivity contribution in [3.8, 4) is 0 Å². The maximum absolute atomic E-state index is 12.2. The topological polar surface area (TPSA) is 58.6 Å². The van der Waals surface area contributed by atoms with Crippen LogP contribution in [0.5, 0.6) is 0 Å². The SMILES string of the molecule is CC(C)(C)OC(=O)N[C@H]1C[C@](O)(CF)C1. The number of carbonyl (C=O) groups excluding carboxylic acids is 1. The van der Waals surface area contributed by atoms with Crippen molar-refractivity contribution in [2.24, 2.45) is 0 Å². The summed E-state index contributed by atoms with van der Waals surface area (Å²) >= 11 is 0. The van der Waals surface area contributed by atoms with E-state index in [1.807, 2.05) is 0 Å². The van der Waals surface area contributed by atoms with Crippen molar-refractivity contribution >= 4 is 6.09 Å². The van der Waals surface area contributed by atoms with Gasteiger partial charge in [0.1, 0.15) is 12.3 Å². The van der Waals surface area contributed by atoms with E-state index < -0.39 is 24.0 Å². The zero-order chi connectivity index (χ0) is 11.7. The van der Waals surface area contributed by atoms with E-state index in [1.54, 1.807) is 20.8 Å². The average molecular weight is 219 g/mol. The maximum atomic E-state index is 12.2. The largest absolute Gasteiger partial charge is 0.444 e. The van der Waals surface area contributed by atoms with Crippen molar-refractivity contribution in [1.82, 2.24) is 5.32 Å². The molecule has 0 radical (unpaired) electrons. The van der Waals surface area contributed by atoms with Gasteiger partial charge < -0.3 is 15.2 Å². The summed E-state index contributed by atoms with van der Waals surface area (Å²) in [6.07, 6.45) is -0.0146. The zero-order valence-electron chi connectivity index (χ0n) is 9.34. The van der Waals surface area contributed by atoms with Gasteiger partial charge in [-0.15, -0.1) is 0 Å². The molecule has 1 aliphatic carbocycles. The second-order valence-corrected chi connectivity index (χ2v) is 5.11. The molecule has 2 N–H and O–H groups in total. The Morgan fingerprint density at radius 3 is 2.53 bits per heavy atom. The van der Waals surface area contributed by atoms with E-state index in [4.69, 9.17) is 4.74 Å². The number of alkyl halides is 1. The van der Waals surface area contributed by atoms with Crippen molar-refractivity contribution in [2.45, 2.75) is 50.9 Å². The van der Waals surface area contributed by atoms with E-state index in [0.29, 0.717) is 0 Å². The van der Waals surface area contributed by atoms with E-state index in [2.05, 4.69) is 5.32 Å². The predicted octanol–water partition coefficient (Wildman–Crippen LogP) is 1.37. The van der Waals surface area contributed by atoms with Crippen LogP contribution in [0.2, 0.25) is 0 Å². The van der Waals surface area contributed by atoms with Crippen LogP contribution in [-0.4, -0.2) is 35.1 Å². The van der Waals surface area contributed by atoms with Crippen LogP contribution in [-0.2, 0) is 4.74 Å². The number of nitrogens with one attached hydrogen (secondary N) is 1. The average Bonchev–Trinajstić information content (AvgIpc) is 1.97. The lowest BCUT2D eigenvalue weighted by molar-refractivity contribution is -0.0723. The van der Waals surface area contributed by atoms with Crippen LogP contribution >= 0.6 is 0 Å². The molecule has 0 unspecified atom stereocenters. The van der Waals surface area contributed by atoms with Crippen molar-refractivity contribution in [2.75, 3.05) is 6.67 Å². The van der Waals surface area contributed by atoms with Crippen LogP contribution in [0.4, 0.5) is 9.18 Å². The summed E-state index contributed by atoms with van der Waals surface area (Å²) in [7, 11) is 0. The number of carbonyl (C=O) groups is 1. The number of hydrogen-bond donors (Lipinski definition) is 2. The fourth-order valence-electron chi connectivity index (χ4n) is 1.54. The lowest BCUT2D eigenvalue weighted by Crippen LogP contribution is -2.56. The number of halogens is 1. The van der Waals surface area contributed by atoms with Gasteiger partial charge in [-0.05, 0) is 33.6 Å². The van der Waals surface area contributed by atoms with E-state index in [0.717, 1.165) is 0 Å². The molecule has 15 heavy (non-hydrogen) atoms. The summed E-state index contributed by atoms with van der Waals surface area (Å²) in [5, 5.41) is 11.9. The third-order valence-corrected chi connectivity index (χ3v) is 2.22. The van der Waals surface area contributed by atoms with Gasteiger partial charge in [0, 0.05) is 6.04 Å². The second kappa shape index (κ2) is 3.96. The number of alkyl carbamates (subject to hydrolysis) is 1. The van der Waals surface area contributed by atoms with Gasteiger partial charge in [-0.25, -0.2) is 9.18 Å². The number of ether oxygens (including phenoxy) is 1. The molecule has 4 nitrogen and oxygen atoms in total. The summed E-state index contributed by atoms with van der Waals surface area (Å²) in [6, 6.07) is -0.180. The Labute approximate surface area is 88.8 Å². The first-order chi connectivity index (χ1) is 6.74. The zero-order valence-corrected chi connectivity index (χ0v) is 9.34. The Hall–Kier alpha value is -0.840. The van der Waals surface area contributed by atoms with Gasteiger partial charge >= 0.3 is 6.09 Å². The lowest BCUT2D eigenvalue weighted by Gasteiger charge is -2.41. The molecule has 0 heterocycles. The monoisotopic (exact) mass is 219 g/mol. The van der Waals surface area contributed by atoms with Crippen molar-refractivity contribution in [3.05, 3.63) is 0 Å². The van der Waals surface area contributed by atoms with Crippen LogP contribution in [0, 0.1) is 0 Å². The molecule has 0 aromatic carbocycles.